The van der Waals surface area contributed by atoms with Crippen molar-refractivity contribution in [2.24, 2.45) is 0 Å². The third-order valence-electron chi connectivity index (χ3n) is 5.83. The Balaban J connectivity index is 1.34. The molecule has 1 fully saturated rings. The van der Waals surface area contributed by atoms with E-state index >= 15 is 0 Å². The first-order valence-corrected chi connectivity index (χ1v) is 11.2. The first kappa shape index (κ1) is 23.5. The normalized spacial score (nSPS) is 15.1. The quantitative estimate of drug-likeness (QED) is 0.666. The monoisotopic (exact) mass is 436 g/mol. The molecule has 4 amide bonds. The first-order valence-electron chi connectivity index (χ1n) is 11.2. The summed E-state index contributed by atoms with van der Waals surface area (Å²) in [7, 11) is 0. The largest absolute Gasteiger partial charge is 0.340 e. The van der Waals surface area contributed by atoms with Crippen molar-refractivity contribution in [3.63, 3.8) is 0 Å². The van der Waals surface area contributed by atoms with E-state index in [9.17, 15) is 14.4 Å². The number of nitrogens with zero attached hydrogens (tertiary/aromatic N) is 2. The molecule has 0 radical (unpaired) electrons. The van der Waals surface area contributed by atoms with Crippen LogP contribution in [0.5, 0.6) is 0 Å². The van der Waals surface area contributed by atoms with E-state index in [0.717, 1.165) is 18.4 Å². The number of aryl methyl sites for hydroxylation is 1. The number of urea groups is 1. The molecule has 0 spiro atoms. The SMILES string of the molecule is CC(C(=O)NC(=O)NCc1ccccc1)N1CCN(C(=O)CCCc2ccccc2)CC1. The number of carbonyl (C=O) groups is 3. The van der Waals surface area contributed by atoms with E-state index in [2.05, 4.69) is 22.8 Å². The zero-order valence-electron chi connectivity index (χ0n) is 18.6. The van der Waals surface area contributed by atoms with Gasteiger partial charge in [-0.25, -0.2) is 4.79 Å². The Morgan fingerprint density at radius 2 is 1.47 bits per heavy atom. The molecule has 2 aromatic carbocycles. The van der Waals surface area contributed by atoms with E-state index in [1.165, 1.54) is 5.56 Å². The fraction of sp³-hybridized carbons (Fsp3) is 0.400. The summed E-state index contributed by atoms with van der Waals surface area (Å²) in [4.78, 5) is 40.9. The predicted octanol–water partition coefficient (Wildman–Crippen LogP) is 2.57. The highest BCUT2D eigenvalue weighted by Gasteiger charge is 2.28. The summed E-state index contributed by atoms with van der Waals surface area (Å²) in [6, 6.07) is 18.8. The molecule has 2 N–H and O–H groups in total. The maximum Gasteiger partial charge on any atom is 0.321 e. The molecule has 1 heterocycles. The van der Waals surface area contributed by atoms with E-state index in [1.807, 2.05) is 58.3 Å². The van der Waals surface area contributed by atoms with E-state index < -0.39 is 12.1 Å². The van der Waals surface area contributed by atoms with E-state index in [4.69, 9.17) is 0 Å². The zero-order valence-corrected chi connectivity index (χ0v) is 18.6. The van der Waals surface area contributed by atoms with Crippen molar-refractivity contribution >= 4 is 17.8 Å². The molecule has 0 saturated carbocycles. The minimum absolute atomic E-state index is 0.165. The highest BCUT2D eigenvalue weighted by Crippen LogP contribution is 2.11. The number of amides is 4. The minimum Gasteiger partial charge on any atom is -0.340 e. The lowest BCUT2D eigenvalue weighted by Crippen LogP contribution is -2.56. The number of piperazine rings is 1. The molecule has 1 aliphatic heterocycles. The molecule has 32 heavy (non-hydrogen) atoms. The number of imide groups is 1. The average Bonchev–Trinajstić information content (AvgIpc) is 2.83. The van der Waals surface area contributed by atoms with Gasteiger partial charge in [-0.05, 0) is 30.9 Å². The van der Waals surface area contributed by atoms with Crippen LogP contribution in [-0.4, -0.2) is 59.9 Å². The van der Waals surface area contributed by atoms with Gasteiger partial charge in [0.1, 0.15) is 0 Å². The number of carbonyl (C=O) groups excluding carboxylic acids is 3. The van der Waals surface area contributed by atoms with Gasteiger partial charge in [0.25, 0.3) is 0 Å². The molecule has 170 valence electrons. The Morgan fingerprint density at radius 1 is 0.875 bits per heavy atom. The number of hydrogen-bond acceptors (Lipinski definition) is 4. The van der Waals surface area contributed by atoms with Crippen molar-refractivity contribution in [1.82, 2.24) is 20.4 Å². The highest BCUT2D eigenvalue weighted by molar-refractivity contribution is 5.96. The van der Waals surface area contributed by atoms with Gasteiger partial charge in [0.15, 0.2) is 0 Å². The van der Waals surface area contributed by atoms with Crippen LogP contribution in [0.2, 0.25) is 0 Å². The highest BCUT2D eigenvalue weighted by atomic mass is 16.2. The molecule has 1 atom stereocenters. The summed E-state index contributed by atoms with van der Waals surface area (Å²) in [5.74, 6) is -0.170. The summed E-state index contributed by atoms with van der Waals surface area (Å²) in [6.07, 6.45) is 2.27. The van der Waals surface area contributed by atoms with Gasteiger partial charge in [0, 0.05) is 39.1 Å². The Bertz CT molecular complexity index is 881. The van der Waals surface area contributed by atoms with Crippen LogP contribution < -0.4 is 10.6 Å². The van der Waals surface area contributed by atoms with Gasteiger partial charge in [0.05, 0.1) is 6.04 Å². The van der Waals surface area contributed by atoms with Crippen LogP contribution in [0.25, 0.3) is 0 Å². The molecule has 3 rings (SSSR count). The van der Waals surface area contributed by atoms with E-state index in [-0.39, 0.29) is 11.8 Å². The van der Waals surface area contributed by atoms with Gasteiger partial charge in [-0.15, -0.1) is 0 Å². The van der Waals surface area contributed by atoms with E-state index in [0.29, 0.717) is 39.1 Å². The summed E-state index contributed by atoms with van der Waals surface area (Å²) >= 11 is 0. The van der Waals surface area contributed by atoms with Crippen molar-refractivity contribution in [3.05, 3.63) is 71.8 Å². The van der Waals surface area contributed by atoms with Gasteiger partial charge in [-0.3, -0.25) is 19.8 Å². The van der Waals surface area contributed by atoms with Crippen molar-refractivity contribution in [3.8, 4) is 0 Å². The molecule has 0 bridgehead atoms. The van der Waals surface area contributed by atoms with Crippen LogP contribution >= 0.6 is 0 Å². The third kappa shape index (κ3) is 7.20. The summed E-state index contributed by atoms with van der Waals surface area (Å²) in [5.41, 5.74) is 2.21. The molecule has 0 aliphatic carbocycles. The zero-order chi connectivity index (χ0) is 22.8. The minimum atomic E-state index is -0.502. The van der Waals surface area contributed by atoms with Crippen LogP contribution in [0.1, 0.15) is 30.9 Å². The lowest BCUT2D eigenvalue weighted by molar-refractivity contribution is -0.134. The second-order valence-electron chi connectivity index (χ2n) is 8.09. The number of nitrogens with one attached hydrogen (secondary N) is 2. The topological polar surface area (TPSA) is 81.8 Å². The molecular formula is C25H32N4O3. The fourth-order valence-electron chi connectivity index (χ4n) is 3.81. The average molecular weight is 437 g/mol. The van der Waals surface area contributed by atoms with Crippen molar-refractivity contribution in [1.29, 1.82) is 0 Å². The van der Waals surface area contributed by atoms with Crippen LogP contribution in [0.15, 0.2) is 60.7 Å². The number of hydrogen-bond donors (Lipinski definition) is 2. The molecule has 7 heteroatoms. The summed E-state index contributed by atoms with van der Waals surface area (Å²) in [5, 5.41) is 5.11. The van der Waals surface area contributed by atoms with Gasteiger partial charge in [-0.2, -0.15) is 0 Å². The maximum atomic E-state index is 12.5. The van der Waals surface area contributed by atoms with Crippen LogP contribution in [0.4, 0.5) is 4.79 Å². The van der Waals surface area contributed by atoms with Crippen LogP contribution in [-0.2, 0) is 22.6 Å². The van der Waals surface area contributed by atoms with E-state index in [1.54, 1.807) is 6.92 Å². The van der Waals surface area contributed by atoms with Gasteiger partial charge in [0.2, 0.25) is 11.8 Å². The predicted molar refractivity (Wildman–Crippen MR) is 124 cm³/mol. The van der Waals surface area contributed by atoms with Gasteiger partial charge in [-0.1, -0.05) is 60.7 Å². The lowest BCUT2D eigenvalue weighted by atomic mass is 10.1. The van der Waals surface area contributed by atoms with Crippen molar-refractivity contribution < 1.29 is 14.4 Å². The van der Waals surface area contributed by atoms with Gasteiger partial charge >= 0.3 is 6.03 Å². The number of benzene rings is 2. The Kier molecular flexibility index (Phi) is 8.80. The fourth-order valence-corrected chi connectivity index (χ4v) is 3.81. The Morgan fingerprint density at radius 3 is 2.09 bits per heavy atom. The smallest absolute Gasteiger partial charge is 0.321 e. The van der Waals surface area contributed by atoms with Gasteiger partial charge < -0.3 is 10.2 Å². The summed E-state index contributed by atoms with van der Waals surface area (Å²) in [6.45, 7) is 4.58. The van der Waals surface area contributed by atoms with Crippen molar-refractivity contribution in [2.45, 2.75) is 38.8 Å². The molecule has 1 saturated heterocycles. The molecule has 1 unspecified atom stereocenters. The van der Waals surface area contributed by atoms with Crippen molar-refractivity contribution in [2.75, 3.05) is 26.2 Å². The second-order valence-corrected chi connectivity index (χ2v) is 8.09. The molecule has 0 aromatic heterocycles. The first-order chi connectivity index (χ1) is 15.5. The molecule has 2 aromatic rings. The maximum absolute atomic E-state index is 12.5. The number of rotatable bonds is 8. The lowest BCUT2D eigenvalue weighted by Gasteiger charge is -2.37. The van der Waals surface area contributed by atoms with Crippen LogP contribution in [0, 0.1) is 0 Å². The van der Waals surface area contributed by atoms with Crippen LogP contribution in [0.3, 0.4) is 0 Å². The Hall–Kier alpha value is -3.19. The molecule has 7 nitrogen and oxygen atoms in total. The molecule has 1 aliphatic rings. The summed E-state index contributed by atoms with van der Waals surface area (Å²) < 4.78 is 0. The molecular weight excluding hydrogens is 404 g/mol. The Labute approximate surface area is 189 Å². The third-order valence-corrected chi connectivity index (χ3v) is 5.83. The second kappa shape index (κ2) is 12.0. The standard InChI is InChI=1S/C25H32N4O3/c1-20(24(31)27-25(32)26-19-22-11-6-3-7-12-22)28-15-17-29(18-16-28)23(30)14-8-13-21-9-4-2-5-10-21/h2-7,9-12,20H,8,13-19H2,1H3,(H2,26,27,31,32).